The average Bonchev–Trinajstić information content (AvgIpc) is 2.69. The zero-order valence-corrected chi connectivity index (χ0v) is 13.6. The number of benzene rings is 1. The van der Waals surface area contributed by atoms with E-state index in [1.54, 1.807) is 36.9 Å². The Hall–Kier alpha value is -3.87. The Morgan fingerprint density at radius 2 is 1.46 bits per heavy atom. The summed E-state index contributed by atoms with van der Waals surface area (Å²) in [5.41, 5.74) is 8.76. The highest BCUT2D eigenvalue weighted by atomic mass is 16.5. The third kappa shape index (κ3) is 3.18. The molecule has 0 amide bonds. The van der Waals surface area contributed by atoms with Crippen LogP contribution in [0.1, 0.15) is 0 Å². The minimum absolute atomic E-state index is 0.196. The molecule has 3 aromatic heterocycles. The third-order valence-electron chi connectivity index (χ3n) is 3.65. The lowest BCUT2D eigenvalue weighted by Gasteiger charge is -2.12. The molecule has 126 valence electrons. The molecule has 2 N–H and O–H groups in total. The average molecular weight is 342 g/mol. The lowest BCUT2D eigenvalue weighted by Crippen LogP contribution is -1.98. The number of ether oxygens (including phenoxy) is 1. The molecule has 0 saturated carbocycles. The van der Waals surface area contributed by atoms with Gasteiger partial charge >= 0.3 is 6.01 Å². The van der Waals surface area contributed by atoms with Crippen molar-refractivity contribution in [3.05, 3.63) is 73.3 Å². The van der Waals surface area contributed by atoms with Crippen molar-refractivity contribution in [1.82, 2.24) is 24.9 Å². The fourth-order valence-electron chi connectivity index (χ4n) is 2.55. The summed E-state index contributed by atoms with van der Waals surface area (Å²) < 4.78 is 5.87. The summed E-state index contributed by atoms with van der Waals surface area (Å²) in [6.07, 6.45) is 6.57. The first-order valence-electron chi connectivity index (χ1n) is 7.89. The van der Waals surface area contributed by atoms with E-state index >= 15 is 0 Å². The molecule has 0 aliphatic rings. The van der Waals surface area contributed by atoms with Gasteiger partial charge in [0.05, 0.1) is 11.4 Å². The monoisotopic (exact) mass is 342 g/mol. The number of hydrogen-bond donors (Lipinski definition) is 1. The Balaban J connectivity index is 1.82. The number of nitrogen functional groups attached to an aromatic ring is 1. The number of rotatable bonds is 4. The van der Waals surface area contributed by atoms with E-state index < -0.39 is 0 Å². The van der Waals surface area contributed by atoms with Crippen molar-refractivity contribution in [2.24, 2.45) is 0 Å². The highest BCUT2D eigenvalue weighted by Crippen LogP contribution is 2.36. The predicted molar refractivity (Wildman–Crippen MR) is 97.2 cm³/mol. The van der Waals surface area contributed by atoms with Crippen molar-refractivity contribution >= 4 is 5.95 Å². The summed E-state index contributed by atoms with van der Waals surface area (Å²) in [6.45, 7) is 0. The van der Waals surface area contributed by atoms with Crippen molar-refractivity contribution in [2.45, 2.75) is 0 Å². The summed E-state index contributed by atoms with van der Waals surface area (Å²) in [4.78, 5) is 20.9. The largest absolute Gasteiger partial charge is 0.424 e. The van der Waals surface area contributed by atoms with E-state index in [4.69, 9.17) is 10.5 Å². The Labute approximate surface area is 149 Å². The maximum absolute atomic E-state index is 5.87. The quantitative estimate of drug-likeness (QED) is 0.607. The molecular weight excluding hydrogens is 328 g/mol. The number of pyridine rings is 1. The predicted octanol–water partition coefficient (Wildman–Crippen LogP) is 3.37. The lowest BCUT2D eigenvalue weighted by atomic mass is 10.0. The first kappa shape index (κ1) is 15.6. The van der Waals surface area contributed by atoms with Gasteiger partial charge in [0, 0.05) is 35.9 Å². The SMILES string of the molecule is Nc1nccc(-c2ncccc2-c2ccccc2Oc2ncccn2)n1. The van der Waals surface area contributed by atoms with E-state index in [0.717, 1.165) is 11.1 Å². The van der Waals surface area contributed by atoms with E-state index in [9.17, 15) is 0 Å². The molecule has 4 aromatic rings. The maximum Gasteiger partial charge on any atom is 0.321 e. The summed E-state index contributed by atoms with van der Waals surface area (Å²) in [6, 6.07) is 15.2. The second kappa shape index (κ2) is 6.94. The first-order chi connectivity index (χ1) is 12.8. The van der Waals surface area contributed by atoms with Crippen molar-refractivity contribution < 1.29 is 4.74 Å². The van der Waals surface area contributed by atoms with Crippen LogP contribution in [0.25, 0.3) is 22.5 Å². The number of hydrogen-bond acceptors (Lipinski definition) is 7. The summed E-state index contributed by atoms with van der Waals surface area (Å²) in [5, 5.41) is 0. The third-order valence-corrected chi connectivity index (χ3v) is 3.65. The Kier molecular flexibility index (Phi) is 4.17. The number of nitrogens with zero attached hydrogens (tertiary/aromatic N) is 5. The summed E-state index contributed by atoms with van der Waals surface area (Å²) in [7, 11) is 0. The zero-order chi connectivity index (χ0) is 17.8. The maximum atomic E-state index is 5.87. The van der Waals surface area contributed by atoms with Crippen molar-refractivity contribution in [3.8, 4) is 34.3 Å². The van der Waals surface area contributed by atoms with Gasteiger partial charge in [-0.3, -0.25) is 4.98 Å². The van der Waals surface area contributed by atoms with E-state index in [1.807, 2.05) is 36.4 Å². The Morgan fingerprint density at radius 1 is 0.692 bits per heavy atom. The van der Waals surface area contributed by atoms with Crippen LogP contribution in [0.15, 0.2) is 73.3 Å². The van der Waals surface area contributed by atoms with Gasteiger partial charge in [-0.25, -0.2) is 19.9 Å². The van der Waals surface area contributed by atoms with E-state index in [0.29, 0.717) is 17.1 Å². The van der Waals surface area contributed by atoms with Crippen molar-refractivity contribution in [2.75, 3.05) is 5.73 Å². The number of para-hydroxylation sites is 1. The second-order valence-corrected chi connectivity index (χ2v) is 5.33. The van der Waals surface area contributed by atoms with Gasteiger partial charge < -0.3 is 10.5 Å². The molecule has 1 aromatic carbocycles. The van der Waals surface area contributed by atoms with Gasteiger partial charge in [-0.05, 0) is 24.3 Å². The molecule has 0 saturated heterocycles. The van der Waals surface area contributed by atoms with E-state index in [1.165, 1.54) is 0 Å². The van der Waals surface area contributed by atoms with Gasteiger partial charge in [-0.15, -0.1) is 0 Å². The van der Waals surface area contributed by atoms with Crippen LogP contribution in [0, 0.1) is 0 Å². The minimum Gasteiger partial charge on any atom is -0.424 e. The fraction of sp³-hybridized carbons (Fsp3) is 0. The molecule has 0 spiro atoms. The molecule has 0 aliphatic carbocycles. The minimum atomic E-state index is 0.196. The summed E-state index contributed by atoms with van der Waals surface area (Å²) >= 11 is 0. The molecule has 4 rings (SSSR count). The molecule has 0 atom stereocenters. The zero-order valence-electron chi connectivity index (χ0n) is 13.6. The van der Waals surface area contributed by atoms with Crippen LogP contribution in [-0.4, -0.2) is 24.9 Å². The normalized spacial score (nSPS) is 10.5. The van der Waals surface area contributed by atoms with Gasteiger partial charge in [0.1, 0.15) is 5.75 Å². The van der Waals surface area contributed by atoms with Crippen LogP contribution in [0.4, 0.5) is 5.95 Å². The van der Waals surface area contributed by atoms with Crippen molar-refractivity contribution in [1.29, 1.82) is 0 Å². The van der Waals surface area contributed by atoms with Crippen LogP contribution < -0.4 is 10.5 Å². The smallest absolute Gasteiger partial charge is 0.321 e. The molecule has 26 heavy (non-hydrogen) atoms. The van der Waals surface area contributed by atoms with Crippen LogP contribution >= 0.6 is 0 Å². The molecule has 0 radical (unpaired) electrons. The van der Waals surface area contributed by atoms with Crippen molar-refractivity contribution in [3.63, 3.8) is 0 Å². The summed E-state index contributed by atoms with van der Waals surface area (Å²) in [5.74, 6) is 0.816. The molecule has 0 bridgehead atoms. The van der Waals surface area contributed by atoms with Gasteiger partial charge in [-0.2, -0.15) is 0 Å². The van der Waals surface area contributed by atoms with Crippen LogP contribution in [0.5, 0.6) is 11.8 Å². The van der Waals surface area contributed by atoms with Crippen LogP contribution in [0.3, 0.4) is 0 Å². The number of anilines is 1. The van der Waals surface area contributed by atoms with Gasteiger partial charge in [0.25, 0.3) is 0 Å². The molecule has 0 unspecified atom stereocenters. The topological polar surface area (TPSA) is 99.7 Å². The van der Waals surface area contributed by atoms with Crippen LogP contribution in [0.2, 0.25) is 0 Å². The second-order valence-electron chi connectivity index (χ2n) is 5.33. The van der Waals surface area contributed by atoms with Crippen LogP contribution in [-0.2, 0) is 0 Å². The highest BCUT2D eigenvalue weighted by Gasteiger charge is 2.15. The Bertz CT molecular complexity index is 1040. The Morgan fingerprint density at radius 3 is 2.31 bits per heavy atom. The lowest BCUT2D eigenvalue weighted by molar-refractivity contribution is 0.443. The molecule has 7 nitrogen and oxygen atoms in total. The molecule has 3 heterocycles. The van der Waals surface area contributed by atoms with Gasteiger partial charge in [0.15, 0.2) is 0 Å². The highest BCUT2D eigenvalue weighted by molar-refractivity contribution is 5.82. The van der Waals surface area contributed by atoms with E-state index in [2.05, 4.69) is 24.9 Å². The molecule has 0 fully saturated rings. The number of nitrogens with two attached hydrogens (primary N) is 1. The fourth-order valence-corrected chi connectivity index (χ4v) is 2.55. The first-order valence-corrected chi connectivity index (χ1v) is 7.89. The van der Waals surface area contributed by atoms with Gasteiger partial charge in [-0.1, -0.05) is 24.3 Å². The standard InChI is InChI=1S/C19H14N6O/c20-18-22-12-8-15(25-18)17-14(6-3-9-21-17)13-5-1-2-7-16(13)26-19-23-10-4-11-24-19/h1-12H,(H2,20,22,25). The molecule has 0 aliphatic heterocycles. The molecular formula is C19H14N6O. The van der Waals surface area contributed by atoms with E-state index in [-0.39, 0.29) is 12.0 Å². The number of aromatic nitrogens is 5. The molecule has 7 heteroatoms. The van der Waals surface area contributed by atoms with Gasteiger partial charge in [0.2, 0.25) is 5.95 Å².